The molecular formula is C22H20ClF3N2O4. The number of benzene rings is 2. The van der Waals surface area contributed by atoms with Crippen molar-refractivity contribution in [3.63, 3.8) is 0 Å². The average Bonchev–Trinajstić information content (AvgIpc) is 2.71. The van der Waals surface area contributed by atoms with E-state index in [4.69, 9.17) is 21.1 Å². The van der Waals surface area contributed by atoms with E-state index in [0.717, 1.165) is 6.07 Å². The highest BCUT2D eigenvalue weighted by Gasteiger charge is 2.69. The highest BCUT2D eigenvalue weighted by atomic mass is 35.5. The molecule has 0 aromatic heterocycles. The molecule has 2 N–H and O–H groups in total. The lowest BCUT2D eigenvalue weighted by atomic mass is 9.44. The van der Waals surface area contributed by atoms with Gasteiger partial charge in [-0.15, -0.1) is 0 Å². The summed E-state index contributed by atoms with van der Waals surface area (Å²) in [5.41, 5.74) is -0.855. The summed E-state index contributed by atoms with van der Waals surface area (Å²) < 4.78 is 49.1. The van der Waals surface area contributed by atoms with Gasteiger partial charge in [-0.3, -0.25) is 9.59 Å². The third-order valence-corrected chi connectivity index (χ3v) is 5.91. The Morgan fingerprint density at radius 3 is 1.91 bits per heavy atom. The van der Waals surface area contributed by atoms with Crippen molar-refractivity contribution in [2.24, 2.45) is 0 Å². The molecule has 170 valence electrons. The van der Waals surface area contributed by atoms with E-state index >= 15 is 0 Å². The van der Waals surface area contributed by atoms with Crippen LogP contribution in [-0.2, 0) is 9.59 Å². The molecule has 5 rings (SSSR count). The minimum Gasteiger partial charge on any atom is -0.484 e. The second kappa shape index (κ2) is 8.54. The number of halogens is 4. The first-order valence-electron chi connectivity index (χ1n) is 9.88. The number of amides is 2. The Morgan fingerprint density at radius 2 is 1.41 bits per heavy atom. The Hall–Kier alpha value is -2.94. The number of carbonyl (C=O) groups excluding carboxylic acids is 2. The summed E-state index contributed by atoms with van der Waals surface area (Å²) in [6.45, 7) is -0.499. The molecule has 3 aliphatic rings. The van der Waals surface area contributed by atoms with Gasteiger partial charge in [-0.1, -0.05) is 11.6 Å². The third-order valence-electron chi connectivity index (χ3n) is 5.60. The van der Waals surface area contributed by atoms with Gasteiger partial charge in [0.1, 0.15) is 17.3 Å². The molecule has 0 atom stereocenters. The zero-order chi connectivity index (χ0) is 22.9. The first kappa shape index (κ1) is 22.3. The Balaban J connectivity index is 1.16. The monoisotopic (exact) mass is 468 g/mol. The van der Waals surface area contributed by atoms with Crippen molar-refractivity contribution in [3.8, 4) is 11.5 Å². The van der Waals surface area contributed by atoms with Crippen molar-refractivity contribution in [2.75, 3.05) is 13.2 Å². The maximum atomic E-state index is 13.4. The molecule has 2 amide bonds. The van der Waals surface area contributed by atoms with Crippen LogP contribution in [0.5, 0.6) is 11.5 Å². The molecule has 0 spiro atoms. The number of carbonyl (C=O) groups is 2. The Morgan fingerprint density at radius 1 is 0.906 bits per heavy atom. The number of hydrogen-bond acceptors (Lipinski definition) is 4. The lowest BCUT2D eigenvalue weighted by Gasteiger charge is -2.70. The third kappa shape index (κ3) is 4.77. The molecule has 3 aliphatic carbocycles. The molecule has 6 nitrogen and oxygen atoms in total. The van der Waals surface area contributed by atoms with Gasteiger partial charge >= 0.3 is 0 Å². The highest BCUT2D eigenvalue weighted by molar-refractivity contribution is 6.30. The summed E-state index contributed by atoms with van der Waals surface area (Å²) in [5.74, 6) is -0.763. The predicted molar refractivity (Wildman–Crippen MR) is 109 cm³/mol. The fourth-order valence-electron chi connectivity index (χ4n) is 4.29. The number of alkyl halides is 2. The van der Waals surface area contributed by atoms with Gasteiger partial charge in [0.25, 0.3) is 18.2 Å². The minimum absolute atomic E-state index is 0.0296. The topological polar surface area (TPSA) is 76.7 Å². The van der Waals surface area contributed by atoms with Crippen LogP contribution in [0, 0.1) is 5.82 Å². The molecule has 0 saturated heterocycles. The SMILES string of the molecule is O=C(COc1ccc(C(F)F)cc1)NC12CC(NC(=O)COc3ccc(Cl)c(F)c3)(C1)C2. The Bertz CT molecular complexity index is 1010. The standard InChI is InChI=1S/C22H20ClF3N2O4/c23-16-6-5-15(7-17(16)24)32-9-19(30)28-22-10-21(11-22,12-22)27-18(29)8-31-14-3-1-13(2-4-14)20(25)26/h1-7,20H,8-12H2,(H,27,29)(H,28,30). The molecule has 0 aliphatic heterocycles. The molecule has 0 radical (unpaired) electrons. The zero-order valence-corrected chi connectivity index (χ0v) is 17.6. The molecule has 0 unspecified atom stereocenters. The second-order valence-corrected chi connectivity index (χ2v) is 8.62. The maximum absolute atomic E-state index is 13.4. The summed E-state index contributed by atoms with van der Waals surface area (Å²) in [6, 6.07) is 9.20. The van der Waals surface area contributed by atoms with Crippen molar-refractivity contribution >= 4 is 23.4 Å². The summed E-state index contributed by atoms with van der Waals surface area (Å²) in [6.07, 6.45) is -0.779. The van der Waals surface area contributed by atoms with Gasteiger partial charge in [0.2, 0.25) is 0 Å². The molecule has 2 aromatic carbocycles. The lowest BCUT2D eigenvalue weighted by molar-refractivity contribution is -0.151. The van der Waals surface area contributed by atoms with Gasteiger partial charge in [0, 0.05) is 22.7 Å². The van der Waals surface area contributed by atoms with Crippen molar-refractivity contribution in [2.45, 2.75) is 36.8 Å². The first-order valence-corrected chi connectivity index (χ1v) is 10.3. The predicted octanol–water partition coefficient (Wildman–Crippen LogP) is 3.78. The molecule has 32 heavy (non-hydrogen) atoms. The summed E-state index contributed by atoms with van der Waals surface area (Å²) in [4.78, 5) is 24.3. The van der Waals surface area contributed by atoms with Crippen LogP contribution in [0.2, 0.25) is 5.02 Å². The second-order valence-electron chi connectivity index (χ2n) is 8.21. The Labute approximate surface area is 187 Å². The summed E-state index contributed by atoms with van der Waals surface area (Å²) >= 11 is 5.61. The molecule has 2 aromatic rings. The van der Waals surface area contributed by atoms with E-state index in [1.807, 2.05) is 0 Å². The van der Waals surface area contributed by atoms with Crippen LogP contribution in [-0.4, -0.2) is 36.1 Å². The number of rotatable bonds is 9. The average molecular weight is 469 g/mol. The smallest absolute Gasteiger partial charge is 0.263 e. The molecule has 10 heteroatoms. The fraction of sp³-hybridized carbons (Fsp3) is 0.364. The molecule has 3 fully saturated rings. The minimum atomic E-state index is -2.56. The van der Waals surface area contributed by atoms with Crippen LogP contribution in [0.3, 0.4) is 0 Å². The van der Waals surface area contributed by atoms with Crippen LogP contribution in [0.15, 0.2) is 42.5 Å². The maximum Gasteiger partial charge on any atom is 0.263 e. The highest BCUT2D eigenvalue weighted by Crippen LogP contribution is 2.60. The first-order chi connectivity index (χ1) is 15.2. The molecule has 0 heterocycles. The van der Waals surface area contributed by atoms with E-state index in [-0.39, 0.29) is 52.4 Å². The summed E-state index contributed by atoms with van der Waals surface area (Å²) in [7, 11) is 0. The van der Waals surface area contributed by atoms with E-state index in [1.165, 1.54) is 36.4 Å². The van der Waals surface area contributed by atoms with E-state index in [0.29, 0.717) is 25.0 Å². The van der Waals surface area contributed by atoms with Gasteiger partial charge in [0.15, 0.2) is 13.2 Å². The van der Waals surface area contributed by atoms with Gasteiger partial charge in [0.05, 0.1) is 5.02 Å². The number of nitrogens with one attached hydrogen (secondary N) is 2. The van der Waals surface area contributed by atoms with E-state index in [2.05, 4.69) is 10.6 Å². The van der Waals surface area contributed by atoms with Crippen molar-refractivity contribution in [1.29, 1.82) is 0 Å². The van der Waals surface area contributed by atoms with Crippen LogP contribution >= 0.6 is 11.6 Å². The van der Waals surface area contributed by atoms with Crippen molar-refractivity contribution in [1.82, 2.24) is 10.6 Å². The van der Waals surface area contributed by atoms with Crippen molar-refractivity contribution < 1.29 is 32.2 Å². The lowest BCUT2D eigenvalue weighted by Crippen LogP contribution is -2.84. The number of ether oxygens (including phenoxy) is 2. The quantitative estimate of drug-likeness (QED) is 0.587. The molecule has 2 bridgehead atoms. The van der Waals surface area contributed by atoms with Crippen LogP contribution in [0.25, 0.3) is 0 Å². The van der Waals surface area contributed by atoms with E-state index in [9.17, 15) is 22.8 Å². The van der Waals surface area contributed by atoms with Gasteiger partial charge in [-0.05, 0) is 55.7 Å². The largest absolute Gasteiger partial charge is 0.484 e. The Kier molecular flexibility index (Phi) is 5.94. The number of hydrogen-bond donors (Lipinski definition) is 2. The zero-order valence-electron chi connectivity index (χ0n) is 16.8. The molecular weight excluding hydrogens is 449 g/mol. The fourth-order valence-corrected chi connectivity index (χ4v) is 4.41. The van der Waals surface area contributed by atoms with Gasteiger partial charge < -0.3 is 20.1 Å². The van der Waals surface area contributed by atoms with E-state index < -0.39 is 12.2 Å². The normalized spacial score (nSPS) is 23.0. The molecule has 3 saturated carbocycles. The van der Waals surface area contributed by atoms with Crippen LogP contribution in [0.4, 0.5) is 13.2 Å². The van der Waals surface area contributed by atoms with E-state index in [1.54, 1.807) is 0 Å². The van der Waals surface area contributed by atoms with Crippen LogP contribution < -0.4 is 20.1 Å². The summed E-state index contributed by atoms with van der Waals surface area (Å²) in [5, 5.41) is 5.77. The van der Waals surface area contributed by atoms with Crippen molar-refractivity contribution in [3.05, 3.63) is 58.9 Å². The van der Waals surface area contributed by atoms with Gasteiger partial charge in [-0.25, -0.2) is 13.2 Å². The van der Waals surface area contributed by atoms with Crippen LogP contribution in [0.1, 0.15) is 31.3 Å². The van der Waals surface area contributed by atoms with Gasteiger partial charge in [-0.2, -0.15) is 0 Å².